The summed E-state index contributed by atoms with van der Waals surface area (Å²) in [4.78, 5) is 22.6. The number of hydrogen-bond donors (Lipinski definition) is 1. The van der Waals surface area contributed by atoms with E-state index in [1.54, 1.807) is 17.9 Å². The first kappa shape index (κ1) is 7.66. The van der Waals surface area contributed by atoms with Crippen molar-refractivity contribution in [1.29, 1.82) is 0 Å². The number of nitrogens with zero attached hydrogens (tertiary/aromatic N) is 4. The zero-order valence-electron chi connectivity index (χ0n) is 6.93. The van der Waals surface area contributed by atoms with Gasteiger partial charge in [0.1, 0.15) is 11.8 Å². The second-order valence-corrected chi connectivity index (χ2v) is 2.61. The van der Waals surface area contributed by atoms with Crippen LogP contribution in [0.3, 0.4) is 0 Å². The summed E-state index contributed by atoms with van der Waals surface area (Å²) >= 11 is 0. The van der Waals surface area contributed by atoms with Gasteiger partial charge >= 0.3 is 0 Å². The van der Waals surface area contributed by atoms with Crippen LogP contribution in [0.4, 0.5) is 0 Å². The van der Waals surface area contributed by atoms with Gasteiger partial charge in [-0.3, -0.25) is 4.79 Å². The minimum absolute atomic E-state index is 0.158. The molecule has 0 aliphatic heterocycles. The van der Waals surface area contributed by atoms with Gasteiger partial charge in [-0.2, -0.15) is 0 Å². The maximum absolute atomic E-state index is 10.9. The number of aromatic nitrogens is 4. The van der Waals surface area contributed by atoms with Crippen LogP contribution < -0.4 is 5.73 Å². The molecule has 0 saturated carbocycles. The van der Waals surface area contributed by atoms with E-state index < -0.39 is 5.91 Å². The van der Waals surface area contributed by atoms with E-state index in [0.29, 0.717) is 11.2 Å². The van der Waals surface area contributed by atoms with Crippen LogP contribution in [0.25, 0.3) is 11.2 Å². The number of fused-ring (bicyclic) bond motifs is 1. The number of imidazole rings is 1. The summed E-state index contributed by atoms with van der Waals surface area (Å²) in [5.41, 5.74) is 6.31. The first-order valence-electron chi connectivity index (χ1n) is 3.62. The van der Waals surface area contributed by atoms with Crippen LogP contribution in [0.1, 0.15) is 10.5 Å². The maximum atomic E-state index is 10.9. The Hall–Kier alpha value is -1.98. The smallest absolute Gasteiger partial charge is 0.269 e. The van der Waals surface area contributed by atoms with Crippen molar-refractivity contribution in [1.82, 2.24) is 19.5 Å². The van der Waals surface area contributed by atoms with Gasteiger partial charge in [-0.05, 0) is 0 Å². The van der Waals surface area contributed by atoms with Crippen molar-refractivity contribution in [3.8, 4) is 0 Å². The SMILES string of the molecule is Cn1cnc2c(C(N)=O)ncnc21. The van der Waals surface area contributed by atoms with Crippen molar-refractivity contribution in [3.05, 3.63) is 18.3 Å². The van der Waals surface area contributed by atoms with Crippen molar-refractivity contribution in [3.63, 3.8) is 0 Å². The first-order valence-corrected chi connectivity index (χ1v) is 3.62. The van der Waals surface area contributed by atoms with Crippen molar-refractivity contribution in [2.24, 2.45) is 12.8 Å². The highest BCUT2D eigenvalue weighted by molar-refractivity contribution is 6.00. The summed E-state index contributed by atoms with van der Waals surface area (Å²) in [7, 11) is 1.78. The minimum atomic E-state index is -0.592. The largest absolute Gasteiger partial charge is 0.364 e. The average Bonchev–Trinajstić information content (AvgIpc) is 2.48. The summed E-state index contributed by atoms with van der Waals surface area (Å²) < 4.78 is 1.70. The van der Waals surface area contributed by atoms with Crippen LogP contribution in [0.2, 0.25) is 0 Å². The molecule has 0 spiro atoms. The Balaban J connectivity index is 2.84. The molecule has 6 nitrogen and oxygen atoms in total. The van der Waals surface area contributed by atoms with Gasteiger partial charge in [-0.25, -0.2) is 15.0 Å². The molecule has 2 heterocycles. The summed E-state index contributed by atoms with van der Waals surface area (Å²) in [5, 5.41) is 0. The lowest BCUT2D eigenvalue weighted by molar-refractivity contribution is 0.0997. The Labute approximate surface area is 73.4 Å². The van der Waals surface area contributed by atoms with Crippen LogP contribution in [0.15, 0.2) is 12.7 Å². The second kappa shape index (κ2) is 2.51. The molecule has 0 bridgehead atoms. The molecule has 2 N–H and O–H groups in total. The molecule has 0 aromatic carbocycles. The average molecular weight is 177 g/mol. The summed E-state index contributed by atoms with van der Waals surface area (Å²) in [6.07, 6.45) is 2.86. The van der Waals surface area contributed by atoms with Gasteiger partial charge in [0.05, 0.1) is 6.33 Å². The third-order valence-corrected chi connectivity index (χ3v) is 1.73. The molecule has 13 heavy (non-hydrogen) atoms. The van der Waals surface area contributed by atoms with E-state index in [4.69, 9.17) is 5.73 Å². The van der Waals surface area contributed by atoms with Gasteiger partial charge in [0.2, 0.25) is 0 Å². The topological polar surface area (TPSA) is 86.7 Å². The Bertz CT molecular complexity index is 475. The van der Waals surface area contributed by atoms with Crippen LogP contribution in [-0.4, -0.2) is 25.4 Å². The predicted octanol–water partition coefficient (Wildman–Crippen LogP) is -0.538. The fourth-order valence-electron chi connectivity index (χ4n) is 1.13. The Morgan fingerprint density at radius 1 is 1.46 bits per heavy atom. The molecule has 0 aliphatic carbocycles. The van der Waals surface area contributed by atoms with Crippen molar-refractivity contribution in [2.75, 3.05) is 0 Å². The van der Waals surface area contributed by atoms with E-state index in [1.165, 1.54) is 6.33 Å². The van der Waals surface area contributed by atoms with Crippen molar-refractivity contribution in [2.45, 2.75) is 0 Å². The number of aryl methyl sites for hydroxylation is 1. The Morgan fingerprint density at radius 3 is 2.92 bits per heavy atom. The summed E-state index contributed by atoms with van der Waals surface area (Å²) in [5.74, 6) is -0.592. The van der Waals surface area contributed by atoms with E-state index >= 15 is 0 Å². The van der Waals surface area contributed by atoms with Crippen LogP contribution in [-0.2, 0) is 7.05 Å². The van der Waals surface area contributed by atoms with Gasteiger partial charge in [0, 0.05) is 7.05 Å². The van der Waals surface area contributed by atoms with Gasteiger partial charge in [-0.1, -0.05) is 0 Å². The predicted molar refractivity (Wildman–Crippen MR) is 44.8 cm³/mol. The molecular formula is C7H7N5O. The van der Waals surface area contributed by atoms with Gasteiger partial charge < -0.3 is 10.3 Å². The number of amides is 1. The molecule has 0 saturated heterocycles. The van der Waals surface area contributed by atoms with E-state index in [-0.39, 0.29) is 5.69 Å². The summed E-state index contributed by atoms with van der Waals surface area (Å²) in [6.45, 7) is 0. The van der Waals surface area contributed by atoms with Gasteiger partial charge in [0.25, 0.3) is 5.91 Å². The minimum Gasteiger partial charge on any atom is -0.364 e. The highest BCUT2D eigenvalue weighted by atomic mass is 16.1. The van der Waals surface area contributed by atoms with E-state index in [9.17, 15) is 4.79 Å². The molecular weight excluding hydrogens is 170 g/mol. The third-order valence-electron chi connectivity index (χ3n) is 1.73. The van der Waals surface area contributed by atoms with Crippen molar-refractivity contribution < 1.29 is 4.79 Å². The summed E-state index contributed by atoms with van der Waals surface area (Å²) in [6, 6.07) is 0. The van der Waals surface area contributed by atoms with E-state index in [0.717, 1.165) is 0 Å². The fourth-order valence-corrected chi connectivity index (χ4v) is 1.13. The number of rotatable bonds is 1. The lowest BCUT2D eigenvalue weighted by Crippen LogP contribution is -2.14. The Kier molecular flexibility index (Phi) is 1.48. The number of primary amides is 1. The number of carbonyl (C=O) groups excluding carboxylic acids is 1. The maximum Gasteiger partial charge on any atom is 0.269 e. The number of carbonyl (C=O) groups is 1. The zero-order chi connectivity index (χ0) is 9.42. The quantitative estimate of drug-likeness (QED) is 0.633. The van der Waals surface area contributed by atoms with E-state index in [2.05, 4.69) is 15.0 Å². The molecule has 6 heteroatoms. The van der Waals surface area contributed by atoms with Gasteiger partial charge in [-0.15, -0.1) is 0 Å². The molecule has 2 aromatic rings. The Morgan fingerprint density at radius 2 is 2.23 bits per heavy atom. The number of nitrogens with two attached hydrogens (primary N) is 1. The molecule has 0 fully saturated rings. The molecule has 2 rings (SSSR count). The normalized spacial score (nSPS) is 10.5. The lowest BCUT2D eigenvalue weighted by Gasteiger charge is -1.95. The third kappa shape index (κ3) is 1.03. The second-order valence-electron chi connectivity index (χ2n) is 2.61. The lowest BCUT2D eigenvalue weighted by atomic mass is 10.3. The van der Waals surface area contributed by atoms with Crippen LogP contribution in [0, 0.1) is 0 Å². The molecule has 2 aromatic heterocycles. The highest BCUT2D eigenvalue weighted by Crippen LogP contribution is 2.10. The van der Waals surface area contributed by atoms with Crippen LogP contribution in [0.5, 0.6) is 0 Å². The standard InChI is InChI=1S/C7H7N5O/c1-12-3-11-5-4(6(8)13)9-2-10-7(5)12/h2-3H,1H3,(H2,8,13). The van der Waals surface area contributed by atoms with Gasteiger partial charge in [0.15, 0.2) is 11.3 Å². The van der Waals surface area contributed by atoms with Crippen LogP contribution >= 0.6 is 0 Å². The molecule has 0 atom stereocenters. The monoisotopic (exact) mass is 177 g/mol. The molecule has 0 radical (unpaired) electrons. The fraction of sp³-hybridized carbons (Fsp3) is 0.143. The number of hydrogen-bond acceptors (Lipinski definition) is 4. The molecule has 1 amide bonds. The van der Waals surface area contributed by atoms with Crippen molar-refractivity contribution >= 4 is 17.1 Å². The zero-order valence-corrected chi connectivity index (χ0v) is 6.93. The highest BCUT2D eigenvalue weighted by Gasteiger charge is 2.11. The molecule has 66 valence electrons. The molecule has 0 aliphatic rings. The van der Waals surface area contributed by atoms with E-state index in [1.807, 2.05) is 0 Å². The molecule has 0 unspecified atom stereocenters. The first-order chi connectivity index (χ1) is 6.20.